The van der Waals surface area contributed by atoms with Crippen LogP contribution in [0.2, 0.25) is 0 Å². The van der Waals surface area contributed by atoms with Gasteiger partial charge in [-0.05, 0) is 24.6 Å². The lowest BCUT2D eigenvalue weighted by Crippen LogP contribution is -2.06. The molecule has 0 saturated heterocycles. The van der Waals surface area contributed by atoms with Crippen molar-refractivity contribution >= 4 is 9.84 Å². The van der Waals surface area contributed by atoms with Crippen LogP contribution in [0.3, 0.4) is 0 Å². The fourth-order valence-electron chi connectivity index (χ4n) is 1.11. The molecule has 14 heavy (non-hydrogen) atoms. The van der Waals surface area contributed by atoms with Crippen LogP contribution < -0.4 is 0 Å². The van der Waals surface area contributed by atoms with E-state index in [0.717, 1.165) is 12.5 Å². The first kappa shape index (κ1) is 11.2. The maximum absolute atomic E-state index is 12.8. The van der Waals surface area contributed by atoms with Crippen LogP contribution in [0.25, 0.3) is 0 Å². The lowest BCUT2D eigenvalue weighted by molar-refractivity contribution is 0.588. The summed E-state index contributed by atoms with van der Waals surface area (Å²) >= 11 is 0. The van der Waals surface area contributed by atoms with E-state index in [1.165, 1.54) is 18.2 Å². The highest BCUT2D eigenvalue weighted by Crippen LogP contribution is 2.13. The Bertz CT molecular complexity index is 398. The lowest BCUT2D eigenvalue weighted by atomic mass is 10.3. The minimum absolute atomic E-state index is 0.0750. The van der Waals surface area contributed by atoms with Crippen molar-refractivity contribution in [2.24, 2.45) is 0 Å². The third-order valence-electron chi connectivity index (χ3n) is 1.92. The molecule has 0 heterocycles. The van der Waals surface area contributed by atoms with Crippen LogP contribution in [0.4, 0.5) is 4.39 Å². The van der Waals surface area contributed by atoms with E-state index in [1.54, 1.807) is 0 Å². The van der Waals surface area contributed by atoms with Gasteiger partial charge in [-0.1, -0.05) is 19.4 Å². The number of sulfone groups is 1. The number of benzene rings is 1. The van der Waals surface area contributed by atoms with Crippen LogP contribution in [-0.2, 0) is 9.84 Å². The van der Waals surface area contributed by atoms with E-state index in [0.29, 0.717) is 6.42 Å². The summed E-state index contributed by atoms with van der Waals surface area (Å²) in [5, 5.41) is 0. The minimum Gasteiger partial charge on any atom is -0.224 e. The quantitative estimate of drug-likeness (QED) is 0.774. The Kier molecular flexibility index (Phi) is 3.63. The third kappa shape index (κ3) is 2.80. The van der Waals surface area contributed by atoms with Crippen molar-refractivity contribution in [1.29, 1.82) is 0 Å². The fourth-order valence-corrected chi connectivity index (χ4v) is 2.60. The maximum atomic E-state index is 12.8. The Morgan fingerprint density at radius 3 is 2.64 bits per heavy atom. The highest BCUT2D eigenvalue weighted by molar-refractivity contribution is 7.91. The van der Waals surface area contributed by atoms with Gasteiger partial charge in [0.15, 0.2) is 9.84 Å². The predicted octanol–water partition coefficient (Wildman–Crippen LogP) is 2.40. The smallest absolute Gasteiger partial charge is 0.178 e. The van der Waals surface area contributed by atoms with Crippen LogP contribution in [0, 0.1) is 5.82 Å². The largest absolute Gasteiger partial charge is 0.224 e. The average molecular weight is 216 g/mol. The standard InChI is InChI=1S/C10H13FO2S/c1-2-3-7-14(12,13)10-6-4-5-9(11)8-10/h4-6,8H,2-3,7H2,1H3. The summed E-state index contributed by atoms with van der Waals surface area (Å²) in [7, 11) is -3.28. The molecule has 0 radical (unpaired) electrons. The molecule has 0 N–H and O–H groups in total. The van der Waals surface area contributed by atoms with Crippen molar-refractivity contribution in [2.75, 3.05) is 5.75 Å². The predicted molar refractivity (Wildman–Crippen MR) is 53.4 cm³/mol. The molecule has 0 unspecified atom stereocenters. The van der Waals surface area contributed by atoms with E-state index >= 15 is 0 Å². The molecule has 0 atom stereocenters. The number of rotatable bonds is 4. The number of hydrogen-bond acceptors (Lipinski definition) is 2. The van der Waals surface area contributed by atoms with Gasteiger partial charge >= 0.3 is 0 Å². The van der Waals surface area contributed by atoms with Crippen molar-refractivity contribution in [3.05, 3.63) is 30.1 Å². The van der Waals surface area contributed by atoms with Gasteiger partial charge in [-0.3, -0.25) is 0 Å². The van der Waals surface area contributed by atoms with Crippen LogP contribution in [0.5, 0.6) is 0 Å². The molecule has 0 amide bonds. The van der Waals surface area contributed by atoms with E-state index in [2.05, 4.69) is 0 Å². The van der Waals surface area contributed by atoms with Crippen molar-refractivity contribution < 1.29 is 12.8 Å². The molecule has 1 aromatic carbocycles. The van der Waals surface area contributed by atoms with Gasteiger partial charge in [0, 0.05) is 0 Å². The van der Waals surface area contributed by atoms with Gasteiger partial charge in [-0.15, -0.1) is 0 Å². The Labute approximate surface area is 83.7 Å². The second-order valence-corrected chi connectivity index (χ2v) is 5.24. The lowest BCUT2D eigenvalue weighted by Gasteiger charge is -2.02. The summed E-state index contributed by atoms with van der Waals surface area (Å²) in [4.78, 5) is 0.0750. The van der Waals surface area contributed by atoms with Gasteiger partial charge in [-0.2, -0.15) is 0 Å². The van der Waals surface area contributed by atoms with Crippen LogP contribution >= 0.6 is 0 Å². The molecular formula is C10H13FO2S. The van der Waals surface area contributed by atoms with Gasteiger partial charge in [-0.25, -0.2) is 12.8 Å². The molecule has 0 bridgehead atoms. The Balaban J connectivity index is 2.93. The third-order valence-corrected chi connectivity index (χ3v) is 3.72. The second kappa shape index (κ2) is 4.55. The van der Waals surface area contributed by atoms with Gasteiger partial charge in [0.1, 0.15) is 5.82 Å². The van der Waals surface area contributed by atoms with Gasteiger partial charge in [0.2, 0.25) is 0 Å². The van der Waals surface area contributed by atoms with Crippen LogP contribution in [0.1, 0.15) is 19.8 Å². The molecule has 0 spiro atoms. The molecule has 0 aromatic heterocycles. The molecular weight excluding hydrogens is 203 g/mol. The van der Waals surface area contributed by atoms with Crippen molar-refractivity contribution in [3.8, 4) is 0 Å². The zero-order valence-electron chi connectivity index (χ0n) is 8.03. The molecule has 4 heteroatoms. The van der Waals surface area contributed by atoms with Crippen LogP contribution in [-0.4, -0.2) is 14.2 Å². The Morgan fingerprint density at radius 1 is 1.36 bits per heavy atom. The minimum atomic E-state index is -3.28. The Morgan fingerprint density at radius 2 is 2.07 bits per heavy atom. The zero-order valence-corrected chi connectivity index (χ0v) is 8.85. The first-order valence-electron chi connectivity index (χ1n) is 4.54. The molecule has 1 rings (SSSR count). The van der Waals surface area contributed by atoms with E-state index in [-0.39, 0.29) is 10.6 Å². The molecule has 0 fully saturated rings. The van der Waals surface area contributed by atoms with Crippen molar-refractivity contribution in [1.82, 2.24) is 0 Å². The van der Waals surface area contributed by atoms with E-state index in [9.17, 15) is 12.8 Å². The van der Waals surface area contributed by atoms with Gasteiger partial charge in [0.05, 0.1) is 10.6 Å². The topological polar surface area (TPSA) is 34.1 Å². The van der Waals surface area contributed by atoms with Gasteiger partial charge in [0.25, 0.3) is 0 Å². The van der Waals surface area contributed by atoms with Crippen molar-refractivity contribution in [3.63, 3.8) is 0 Å². The first-order chi connectivity index (χ1) is 6.56. The van der Waals surface area contributed by atoms with E-state index < -0.39 is 15.7 Å². The molecule has 78 valence electrons. The van der Waals surface area contributed by atoms with Gasteiger partial charge < -0.3 is 0 Å². The average Bonchev–Trinajstić information content (AvgIpc) is 2.15. The zero-order chi connectivity index (χ0) is 10.6. The fraction of sp³-hybridized carbons (Fsp3) is 0.400. The molecule has 2 nitrogen and oxygen atoms in total. The molecule has 0 aliphatic heterocycles. The number of hydrogen-bond donors (Lipinski definition) is 0. The number of unbranched alkanes of at least 4 members (excludes halogenated alkanes) is 1. The maximum Gasteiger partial charge on any atom is 0.178 e. The summed E-state index contributed by atoms with van der Waals surface area (Å²) in [6, 6.07) is 5.13. The SMILES string of the molecule is CCCCS(=O)(=O)c1cccc(F)c1. The molecule has 1 aromatic rings. The highest BCUT2D eigenvalue weighted by atomic mass is 32.2. The normalized spacial score (nSPS) is 11.6. The first-order valence-corrected chi connectivity index (χ1v) is 6.20. The molecule has 0 saturated carbocycles. The summed E-state index contributed by atoms with van der Waals surface area (Å²) < 4.78 is 35.9. The Hall–Kier alpha value is -0.900. The molecule has 0 aliphatic carbocycles. The summed E-state index contributed by atoms with van der Waals surface area (Å²) in [6.45, 7) is 1.92. The number of halogens is 1. The van der Waals surface area contributed by atoms with E-state index in [4.69, 9.17) is 0 Å². The van der Waals surface area contributed by atoms with Crippen molar-refractivity contribution in [2.45, 2.75) is 24.7 Å². The monoisotopic (exact) mass is 216 g/mol. The highest BCUT2D eigenvalue weighted by Gasteiger charge is 2.13. The summed E-state index contributed by atoms with van der Waals surface area (Å²) in [5.41, 5.74) is 0. The second-order valence-electron chi connectivity index (χ2n) is 3.13. The molecule has 0 aliphatic rings. The summed E-state index contributed by atoms with van der Waals surface area (Å²) in [6.07, 6.45) is 1.42. The van der Waals surface area contributed by atoms with Crippen LogP contribution in [0.15, 0.2) is 29.2 Å². The summed E-state index contributed by atoms with van der Waals surface area (Å²) in [5.74, 6) is -0.421. The van der Waals surface area contributed by atoms with E-state index in [1.807, 2.05) is 6.92 Å².